The molecule has 0 saturated heterocycles. The van der Waals surface area contributed by atoms with Gasteiger partial charge in [0.25, 0.3) is 5.91 Å². The Labute approximate surface area is 132 Å². The average molecular weight is 308 g/mol. The van der Waals surface area contributed by atoms with Crippen LogP contribution in [0.25, 0.3) is 10.9 Å². The topological polar surface area (TPSA) is 71.2 Å². The second kappa shape index (κ2) is 5.96. The van der Waals surface area contributed by atoms with Gasteiger partial charge in [0.15, 0.2) is 5.43 Å². The van der Waals surface area contributed by atoms with E-state index >= 15 is 0 Å². The van der Waals surface area contributed by atoms with Crippen LogP contribution in [0.15, 0.2) is 53.3 Å². The van der Waals surface area contributed by atoms with Gasteiger partial charge >= 0.3 is 0 Å². The van der Waals surface area contributed by atoms with Gasteiger partial charge in [-0.15, -0.1) is 0 Å². The Bertz CT molecular complexity index is 927. The molecule has 0 bridgehead atoms. The lowest BCUT2D eigenvalue weighted by Crippen LogP contribution is -2.12. The summed E-state index contributed by atoms with van der Waals surface area (Å²) in [5, 5.41) is 3.34. The molecule has 0 atom stereocenters. The van der Waals surface area contributed by atoms with Crippen molar-refractivity contribution in [3.63, 3.8) is 0 Å². The van der Waals surface area contributed by atoms with Crippen LogP contribution in [0.3, 0.4) is 0 Å². The Morgan fingerprint density at radius 1 is 1.09 bits per heavy atom. The Morgan fingerprint density at radius 3 is 2.52 bits per heavy atom. The number of benzene rings is 2. The minimum absolute atomic E-state index is 0.0724. The largest absolute Gasteiger partial charge is 0.497 e. The first-order chi connectivity index (χ1) is 11.1. The first kappa shape index (κ1) is 14.8. The first-order valence-electron chi connectivity index (χ1n) is 7.16. The van der Waals surface area contributed by atoms with Gasteiger partial charge in [-0.1, -0.05) is 0 Å². The molecule has 3 rings (SSSR count). The quantitative estimate of drug-likeness (QED) is 0.781. The van der Waals surface area contributed by atoms with Crippen LogP contribution in [0.2, 0.25) is 0 Å². The van der Waals surface area contributed by atoms with Crippen molar-refractivity contribution >= 4 is 22.5 Å². The summed E-state index contributed by atoms with van der Waals surface area (Å²) in [5.74, 6) is 0.449. The van der Waals surface area contributed by atoms with Crippen molar-refractivity contribution in [1.82, 2.24) is 4.98 Å². The maximum Gasteiger partial charge on any atom is 0.255 e. The lowest BCUT2D eigenvalue weighted by atomic mass is 10.1. The van der Waals surface area contributed by atoms with E-state index in [1.54, 1.807) is 49.6 Å². The van der Waals surface area contributed by atoms with Gasteiger partial charge in [0, 0.05) is 33.9 Å². The standard InChI is InChI=1S/C18H16N2O3/c1-11-9-17(21)15-10-13(5-8-16(15)19-11)20-18(22)12-3-6-14(23-2)7-4-12/h3-10H,1-2H3,(H,19,21)(H,20,22). The summed E-state index contributed by atoms with van der Waals surface area (Å²) in [4.78, 5) is 27.4. The van der Waals surface area contributed by atoms with Crippen molar-refractivity contribution in [3.05, 3.63) is 70.0 Å². The van der Waals surface area contributed by atoms with Crippen molar-refractivity contribution < 1.29 is 9.53 Å². The van der Waals surface area contributed by atoms with Crippen LogP contribution in [0.4, 0.5) is 5.69 Å². The fourth-order valence-electron chi connectivity index (χ4n) is 2.40. The number of amides is 1. The smallest absolute Gasteiger partial charge is 0.255 e. The van der Waals surface area contributed by atoms with Gasteiger partial charge in [-0.05, 0) is 49.4 Å². The molecular weight excluding hydrogens is 292 g/mol. The second-order valence-electron chi connectivity index (χ2n) is 5.26. The van der Waals surface area contributed by atoms with Gasteiger partial charge in [0.05, 0.1) is 7.11 Å². The summed E-state index contributed by atoms with van der Waals surface area (Å²) in [7, 11) is 1.57. The van der Waals surface area contributed by atoms with Crippen LogP contribution in [0.1, 0.15) is 16.1 Å². The van der Waals surface area contributed by atoms with Crippen LogP contribution >= 0.6 is 0 Å². The van der Waals surface area contributed by atoms with Gasteiger partial charge in [-0.2, -0.15) is 0 Å². The lowest BCUT2D eigenvalue weighted by Gasteiger charge is -2.07. The summed E-state index contributed by atoms with van der Waals surface area (Å²) in [6, 6.07) is 13.6. The van der Waals surface area contributed by atoms with Crippen LogP contribution in [0, 0.1) is 6.92 Å². The normalized spacial score (nSPS) is 10.5. The van der Waals surface area contributed by atoms with E-state index in [4.69, 9.17) is 4.74 Å². The zero-order valence-corrected chi connectivity index (χ0v) is 12.8. The zero-order chi connectivity index (χ0) is 16.4. The van der Waals surface area contributed by atoms with Crippen LogP contribution in [0.5, 0.6) is 5.75 Å². The van der Waals surface area contributed by atoms with Crippen molar-refractivity contribution in [2.45, 2.75) is 6.92 Å². The Kier molecular flexibility index (Phi) is 3.85. The highest BCUT2D eigenvalue weighted by atomic mass is 16.5. The van der Waals surface area contributed by atoms with Gasteiger partial charge in [0.1, 0.15) is 5.75 Å². The third kappa shape index (κ3) is 3.08. The van der Waals surface area contributed by atoms with Crippen molar-refractivity contribution in [2.24, 2.45) is 0 Å². The number of H-pyrrole nitrogens is 1. The van der Waals surface area contributed by atoms with E-state index < -0.39 is 0 Å². The number of aromatic amines is 1. The molecule has 1 heterocycles. The van der Waals surface area contributed by atoms with Gasteiger partial charge < -0.3 is 15.0 Å². The summed E-state index contributed by atoms with van der Waals surface area (Å²) in [5.41, 5.74) is 2.57. The number of rotatable bonds is 3. The number of methoxy groups -OCH3 is 1. The number of carbonyl (C=O) groups is 1. The number of hydrogen-bond acceptors (Lipinski definition) is 3. The lowest BCUT2D eigenvalue weighted by molar-refractivity contribution is 0.102. The van der Waals surface area contributed by atoms with E-state index in [0.29, 0.717) is 22.4 Å². The molecule has 3 aromatic rings. The number of aryl methyl sites for hydroxylation is 1. The number of carbonyl (C=O) groups excluding carboxylic acids is 1. The number of ether oxygens (including phenoxy) is 1. The Morgan fingerprint density at radius 2 is 1.83 bits per heavy atom. The molecule has 23 heavy (non-hydrogen) atoms. The molecule has 0 fully saturated rings. The van der Waals surface area contributed by atoms with Crippen LogP contribution < -0.4 is 15.5 Å². The number of aromatic nitrogens is 1. The summed E-state index contributed by atoms with van der Waals surface area (Å²) in [6.45, 7) is 1.83. The first-order valence-corrected chi connectivity index (χ1v) is 7.16. The molecule has 116 valence electrons. The number of nitrogens with one attached hydrogen (secondary N) is 2. The van der Waals surface area contributed by atoms with Crippen molar-refractivity contribution in [1.29, 1.82) is 0 Å². The zero-order valence-electron chi connectivity index (χ0n) is 12.8. The maximum atomic E-state index is 12.3. The fourth-order valence-corrected chi connectivity index (χ4v) is 2.40. The summed E-state index contributed by atoms with van der Waals surface area (Å²) < 4.78 is 5.07. The van der Waals surface area contributed by atoms with Crippen molar-refractivity contribution in [3.8, 4) is 5.75 Å². The van der Waals surface area contributed by atoms with Gasteiger partial charge in [0.2, 0.25) is 0 Å². The van der Waals surface area contributed by atoms with Gasteiger partial charge in [-0.3, -0.25) is 9.59 Å². The molecule has 2 aromatic carbocycles. The van der Waals surface area contributed by atoms with E-state index in [2.05, 4.69) is 10.3 Å². The molecule has 0 aliphatic rings. The highest BCUT2D eigenvalue weighted by Gasteiger charge is 2.08. The van der Waals surface area contributed by atoms with E-state index in [1.807, 2.05) is 6.92 Å². The summed E-state index contributed by atoms with van der Waals surface area (Å²) in [6.07, 6.45) is 0. The molecule has 0 spiro atoms. The number of pyridine rings is 1. The SMILES string of the molecule is COc1ccc(C(=O)Nc2ccc3[nH]c(C)cc(=O)c3c2)cc1. The maximum absolute atomic E-state index is 12.3. The monoisotopic (exact) mass is 308 g/mol. The molecule has 1 aromatic heterocycles. The second-order valence-corrected chi connectivity index (χ2v) is 5.26. The predicted octanol–water partition coefficient (Wildman–Crippen LogP) is 3.10. The van der Waals surface area contributed by atoms with Crippen LogP contribution in [-0.4, -0.2) is 18.0 Å². The highest BCUT2D eigenvalue weighted by Crippen LogP contribution is 2.17. The van der Waals surface area contributed by atoms with E-state index in [-0.39, 0.29) is 11.3 Å². The Balaban J connectivity index is 1.88. The molecular formula is C18H16N2O3. The average Bonchev–Trinajstić information content (AvgIpc) is 2.55. The fraction of sp³-hybridized carbons (Fsp3) is 0.111. The molecule has 1 amide bonds. The molecule has 0 unspecified atom stereocenters. The molecule has 0 saturated carbocycles. The molecule has 0 aliphatic heterocycles. The van der Waals surface area contributed by atoms with Crippen molar-refractivity contribution in [2.75, 3.05) is 12.4 Å². The Hall–Kier alpha value is -3.08. The van der Waals surface area contributed by atoms with Crippen LogP contribution in [-0.2, 0) is 0 Å². The third-order valence-electron chi connectivity index (χ3n) is 3.57. The summed E-state index contributed by atoms with van der Waals surface area (Å²) >= 11 is 0. The van der Waals surface area contributed by atoms with Gasteiger partial charge in [-0.25, -0.2) is 0 Å². The minimum Gasteiger partial charge on any atom is -0.497 e. The molecule has 0 radical (unpaired) electrons. The third-order valence-corrected chi connectivity index (χ3v) is 3.57. The number of hydrogen-bond donors (Lipinski definition) is 2. The molecule has 2 N–H and O–H groups in total. The number of anilines is 1. The van der Waals surface area contributed by atoms with E-state index in [1.165, 1.54) is 6.07 Å². The van der Waals surface area contributed by atoms with E-state index in [0.717, 1.165) is 11.2 Å². The highest BCUT2D eigenvalue weighted by molar-refractivity contribution is 6.05. The minimum atomic E-state index is -0.240. The molecule has 0 aliphatic carbocycles. The van der Waals surface area contributed by atoms with E-state index in [9.17, 15) is 9.59 Å². The predicted molar refractivity (Wildman–Crippen MR) is 90.3 cm³/mol. The molecule has 5 heteroatoms. The molecule has 5 nitrogen and oxygen atoms in total. The number of fused-ring (bicyclic) bond motifs is 1.